The van der Waals surface area contributed by atoms with Gasteiger partial charge in [-0.2, -0.15) is 0 Å². The number of benzene rings is 2. The van der Waals surface area contributed by atoms with Crippen LogP contribution in [0.5, 0.6) is 0 Å². The van der Waals surface area contributed by atoms with Gasteiger partial charge in [0.2, 0.25) is 10.0 Å². The van der Waals surface area contributed by atoms with Gasteiger partial charge in [-0.25, -0.2) is 13.1 Å². The van der Waals surface area contributed by atoms with Crippen molar-refractivity contribution >= 4 is 26.8 Å². The van der Waals surface area contributed by atoms with E-state index in [1.54, 1.807) is 30.3 Å². The molecule has 3 rings (SSSR count). The third-order valence-corrected chi connectivity index (χ3v) is 5.51. The minimum atomic E-state index is -3.52. The molecule has 6 nitrogen and oxygen atoms in total. The van der Waals surface area contributed by atoms with Crippen molar-refractivity contribution < 1.29 is 13.2 Å². The Kier molecular flexibility index (Phi) is 5.39. The summed E-state index contributed by atoms with van der Waals surface area (Å²) in [4.78, 5) is 15.5. The highest BCUT2D eigenvalue weighted by molar-refractivity contribution is 7.89. The highest BCUT2D eigenvalue weighted by Crippen LogP contribution is 2.14. The van der Waals surface area contributed by atoms with E-state index in [2.05, 4.69) is 15.0 Å². The molecule has 0 fully saturated rings. The first-order valence-electron chi connectivity index (χ1n) is 8.38. The fourth-order valence-electron chi connectivity index (χ4n) is 2.59. The lowest BCUT2D eigenvalue weighted by molar-refractivity contribution is 0.0949. The number of sulfonamides is 1. The molecule has 0 aliphatic carbocycles. The largest absolute Gasteiger partial charge is 0.351 e. The molecule has 0 saturated heterocycles. The monoisotopic (exact) mass is 371 g/mol. The molecular weight excluding hydrogens is 350 g/mol. The van der Waals surface area contributed by atoms with Crippen molar-refractivity contribution in [1.82, 2.24) is 15.0 Å². The van der Waals surface area contributed by atoms with Gasteiger partial charge in [-0.3, -0.25) is 4.79 Å². The van der Waals surface area contributed by atoms with Gasteiger partial charge in [0.15, 0.2) is 0 Å². The van der Waals surface area contributed by atoms with Crippen molar-refractivity contribution in [2.75, 3.05) is 13.1 Å². The van der Waals surface area contributed by atoms with Gasteiger partial charge < -0.3 is 10.3 Å². The molecule has 0 bridgehead atoms. The Hall–Kier alpha value is -2.64. The molecule has 1 heterocycles. The lowest BCUT2D eigenvalue weighted by atomic mass is 10.2. The minimum absolute atomic E-state index is 0.206. The highest BCUT2D eigenvalue weighted by Gasteiger charge is 2.13. The van der Waals surface area contributed by atoms with E-state index in [0.29, 0.717) is 18.7 Å². The molecule has 3 aromatic rings. The van der Waals surface area contributed by atoms with Crippen molar-refractivity contribution in [1.29, 1.82) is 0 Å². The normalized spacial score (nSPS) is 11.6. The Morgan fingerprint density at radius 1 is 1.04 bits per heavy atom. The van der Waals surface area contributed by atoms with E-state index in [0.717, 1.165) is 16.5 Å². The zero-order chi connectivity index (χ0) is 18.6. The molecule has 7 heteroatoms. The second-order valence-corrected chi connectivity index (χ2v) is 7.86. The van der Waals surface area contributed by atoms with E-state index in [4.69, 9.17) is 0 Å². The Labute approximate surface area is 152 Å². The number of aromatic nitrogens is 1. The van der Waals surface area contributed by atoms with Crippen LogP contribution in [0, 0.1) is 6.92 Å². The summed E-state index contributed by atoms with van der Waals surface area (Å²) in [6.45, 7) is 2.54. The summed E-state index contributed by atoms with van der Waals surface area (Å²) in [5, 5.41) is 3.76. The SMILES string of the molecule is Cc1ccc(S(=O)(=O)NCCCNC(=O)c2cc3ccccc3[nH]2)cc1. The van der Waals surface area contributed by atoms with Gasteiger partial charge in [0.05, 0.1) is 4.90 Å². The van der Waals surface area contributed by atoms with Crippen LogP contribution in [0.4, 0.5) is 0 Å². The molecule has 0 aliphatic heterocycles. The van der Waals surface area contributed by atoms with Gasteiger partial charge in [-0.1, -0.05) is 35.9 Å². The minimum Gasteiger partial charge on any atom is -0.351 e. The number of carbonyl (C=O) groups is 1. The van der Waals surface area contributed by atoms with Crippen molar-refractivity contribution in [3.63, 3.8) is 0 Å². The average molecular weight is 371 g/mol. The number of amides is 1. The summed E-state index contributed by atoms with van der Waals surface area (Å²) < 4.78 is 26.9. The number of fused-ring (bicyclic) bond motifs is 1. The van der Waals surface area contributed by atoms with Crippen LogP contribution in [0.15, 0.2) is 59.5 Å². The first kappa shape index (κ1) is 18.2. The first-order chi connectivity index (χ1) is 12.5. The zero-order valence-electron chi connectivity index (χ0n) is 14.5. The fraction of sp³-hybridized carbons (Fsp3) is 0.211. The lowest BCUT2D eigenvalue weighted by Crippen LogP contribution is -2.30. The molecule has 26 heavy (non-hydrogen) atoms. The van der Waals surface area contributed by atoms with Crippen molar-refractivity contribution in [3.8, 4) is 0 Å². The lowest BCUT2D eigenvalue weighted by Gasteiger charge is -2.07. The Balaban J connectivity index is 1.46. The van der Waals surface area contributed by atoms with Crippen molar-refractivity contribution in [2.45, 2.75) is 18.2 Å². The number of rotatable bonds is 7. The van der Waals surface area contributed by atoms with Crippen LogP contribution in [-0.2, 0) is 10.0 Å². The number of carbonyl (C=O) groups excluding carboxylic acids is 1. The van der Waals surface area contributed by atoms with Crippen molar-refractivity contribution in [3.05, 3.63) is 65.9 Å². The van der Waals surface area contributed by atoms with E-state index in [1.807, 2.05) is 31.2 Å². The number of nitrogens with one attached hydrogen (secondary N) is 3. The number of aryl methyl sites for hydroxylation is 1. The summed E-state index contributed by atoms with van der Waals surface area (Å²) in [6, 6.07) is 16.1. The third kappa shape index (κ3) is 4.30. The van der Waals surface area contributed by atoms with E-state index in [1.165, 1.54) is 0 Å². The van der Waals surface area contributed by atoms with E-state index in [9.17, 15) is 13.2 Å². The van der Waals surface area contributed by atoms with Crippen LogP contribution < -0.4 is 10.0 Å². The van der Waals surface area contributed by atoms with Gasteiger partial charge in [0.1, 0.15) is 5.69 Å². The Morgan fingerprint density at radius 2 is 1.77 bits per heavy atom. The second-order valence-electron chi connectivity index (χ2n) is 6.09. The van der Waals surface area contributed by atoms with Crippen LogP contribution in [0.1, 0.15) is 22.5 Å². The number of hydrogen-bond acceptors (Lipinski definition) is 3. The molecule has 2 aromatic carbocycles. The summed E-state index contributed by atoms with van der Waals surface area (Å²) in [5.74, 6) is -0.206. The summed E-state index contributed by atoms with van der Waals surface area (Å²) in [6.07, 6.45) is 0.497. The van der Waals surface area contributed by atoms with Gasteiger partial charge in [0, 0.05) is 24.0 Å². The standard InChI is InChI=1S/C19H21N3O3S/c1-14-7-9-16(10-8-14)26(24,25)21-12-4-11-20-19(23)18-13-15-5-2-3-6-17(15)22-18/h2-3,5-10,13,21-22H,4,11-12H2,1H3,(H,20,23). The number of hydrogen-bond donors (Lipinski definition) is 3. The van der Waals surface area contributed by atoms with Crippen LogP contribution in [0.3, 0.4) is 0 Å². The molecule has 136 valence electrons. The van der Waals surface area contributed by atoms with Crippen LogP contribution in [0.2, 0.25) is 0 Å². The zero-order valence-corrected chi connectivity index (χ0v) is 15.3. The Bertz CT molecular complexity index is 975. The molecule has 0 unspecified atom stereocenters. The summed E-state index contributed by atoms with van der Waals surface area (Å²) >= 11 is 0. The number of aromatic amines is 1. The fourth-order valence-corrected chi connectivity index (χ4v) is 3.66. The average Bonchev–Trinajstić information content (AvgIpc) is 3.06. The maximum absolute atomic E-state index is 12.2. The smallest absolute Gasteiger partial charge is 0.267 e. The van der Waals surface area contributed by atoms with Gasteiger partial charge >= 0.3 is 0 Å². The third-order valence-electron chi connectivity index (χ3n) is 4.04. The second kappa shape index (κ2) is 7.72. The first-order valence-corrected chi connectivity index (χ1v) is 9.86. The molecule has 3 N–H and O–H groups in total. The number of para-hydroxylation sites is 1. The predicted molar refractivity (Wildman–Crippen MR) is 102 cm³/mol. The number of H-pyrrole nitrogens is 1. The maximum Gasteiger partial charge on any atom is 0.267 e. The molecular formula is C19H21N3O3S. The molecule has 0 saturated carbocycles. The van der Waals surface area contributed by atoms with E-state index >= 15 is 0 Å². The predicted octanol–water partition coefficient (Wildman–Crippen LogP) is 2.57. The van der Waals surface area contributed by atoms with Crippen LogP contribution in [-0.4, -0.2) is 32.4 Å². The van der Waals surface area contributed by atoms with Gasteiger partial charge in [-0.05, 0) is 37.6 Å². The van der Waals surface area contributed by atoms with E-state index in [-0.39, 0.29) is 17.3 Å². The highest BCUT2D eigenvalue weighted by atomic mass is 32.2. The molecule has 0 radical (unpaired) electrons. The molecule has 1 aromatic heterocycles. The van der Waals surface area contributed by atoms with Gasteiger partial charge in [-0.15, -0.1) is 0 Å². The molecule has 0 atom stereocenters. The quantitative estimate of drug-likeness (QED) is 0.558. The molecule has 0 aliphatic rings. The summed E-state index contributed by atoms with van der Waals surface area (Å²) in [7, 11) is -3.52. The van der Waals surface area contributed by atoms with Gasteiger partial charge in [0.25, 0.3) is 5.91 Å². The van der Waals surface area contributed by atoms with E-state index < -0.39 is 10.0 Å². The van der Waals surface area contributed by atoms with Crippen LogP contribution >= 0.6 is 0 Å². The maximum atomic E-state index is 12.2. The Morgan fingerprint density at radius 3 is 2.50 bits per heavy atom. The molecule has 1 amide bonds. The topological polar surface area (TPSA) is 91.1 Å². The van der Waals surface area contributed by atoms with Crippen LogP contribution in [0.25, 0.3) is 10.9 Å². The summed E-state index contributed by atoms with van der Waals surface area (Å²) in [5.41, 5.74) is 2.40. The van der Waals surface area contributed by atoms with Crippen molar-refractivity contribution in [2.24, 2.45) is 0 Å². The molecule has 0 spiro atoms.